The number of fused-ring (bicyclic) bond motifs is 6. The molecule has 4 bridgehead atoms. The Labute approximate surface area is 224 Å². The zero-order valence-corrected chi connectivity index (χ0v) is 22.4. The maximum Gasteiger partial charge on any atom is 0.265 e. The first-order chi connectivity index (χ1) is 17.5. The molecule has 13 heteroatoms. The number of phenols is 1. The second-order valence-corrected chi connectivity index (χ2v) is 10.9. The van der Waals surface area contributed by atoms with E-state index in [-0.39, 0.29) is 58.2 Å². The van der Waals surface area contributed by atoms with Gasteiger partial charge in [0.15, 0.2) is 0 Å². The summed E-state index contributed by atoms with van der Waals surface area (Å²) in [6, 6.07) is 8.13. The Hall–Kier alpha value is -2.93. The van der Waals surface area contributed by atoms with Gasteiger partial charge in [-0.2, -0.15) is 0 Å². The van der Waals surface area contributed by atoms with Crippen LogP contribution in [0.5, 0.6) is 11.5 Å². The van der Waals surface area contributed by atoms with Gasteiger partial charge >= 0.3 is 0 Å². The number of amides is 1. The van der Waals surface area contributed by atoms with Gasteiger partial charge in [0, 0.05) is 41.4 Å². The van der Waals surface area contributed by atoms with Gasteiger partial charge in [-0.05, 0) is 52.3 Å². The Kier molecular flexibility index (Phi) is 7.93. The van der Waals surface area contributed by atoms with Gasteiger partial charge in [-0.15, -0.1) is 0 Å². The Morgan fingerprint density at radius 1 is 1.16 bits per heavy atom. The number of hydrogen-bond donors (Lipinski definition) is 2. The number of benzene rings is 3. The van der Waals surface area contributed by atoms with Crippen molar-refractivity contribution < 1.29 is 36.6 Å². The number of nitrogens with one attached hydrogen (secondary N) is 1. The second-order valence-electron chi connectivity index (χ2n) is 8.00. The summed E-state index contributed by atoms with van der Waals surface area (Å²) in [6.45, 7) is 0.356. The highest BCUT2D eigenvalue weighted by Crippen LogP contribution is 2.39. The average Bonchev–Trinajstić information content (AvgIpc) is 2.84. The van der Waals surface area contributed by atoms with Crippen LogP contribution in [0.15, 0.2) is 51.8 Å². The van der Waals surface area contributed by atoms with E-state index in [0.717, 1.165) is 12.1 Å². The van der Waals surface area contributed by atoms with E-state index in [4.69, 9.17) is 21.1 Å². The topological polar surface area (TPSA) is 105 Å². The first-order valence-corrected chi connectivity index (χ1v) is 13.4. The summed E-state index contributed by atoms with van der Waals surface area (Å²) in [4.78, 5) is 14.0. The van der Waals surface area contributed by atoms with Crippen molar-refractivity contribution in [1.29, 1.82) is 0 Å². The van der Waals surface area contributed by atoms with Gasteiger partial charge in [0.1, 0.15) is 34.6 Å². The van der Waals surface area contributed by atoms with E-state index in [0.29, 0.717) is 6.07 Å². The van der Waals surface area contributed by atoms with Crippen molar-refractivity contribution in [2.75, 3.05) is 38.1 Å². The van der Waals surface area contributed by atoms with Crippen LogP contribution < -0.4 is 9.46 Å². The van der Waals surface area contributed by atoms with Crippen LogP contribution in [0.3, 0.4) is 0 Å². The Morgan fingerprint density at radius 3 is 2.65 bits per heavy atom. The lowest BCUT2D eigenvalue weighted by molar-refractivity contribution is 0.0665. The highest BCUT2D eigenvalue weighted by molar-refractivity contribution is 9.10. The van der Waals surface area contributed by atoms with Crippen molar-refractivity contribution in [2.45, 2.75) is 4.90 Å². The largest absolute Gasteiger partial charge is 0.505 e. The highest BCUT2D eigenvalue weighted by atomic mass is 79.9. The van der Waals surface area contributed by atoms with Crippen LogP contribution in [0.2, 0.25) is 5.02 Å². The third kappa shape index (κ3) is 5.66. The first-order valence-electron chi connectivity index (χ1n) is 10.8. The van der Waals surface area contributed by atoms with Crippen LogP contribution in [-0.4, -0.2) is 57.7 Å². The van der Waals surface area contributed by atoms with E-state index in [9.17, 15) is 27.1 Å². The molecule has 1 aliphatic heterocycles. The number of ether oxygens (including phenoxy) is 2. The molecule has 4 rings (SSSR count). The van der Waals surface area contributed by atoms with Gasteiger partial charge in [0.25, 0.3) is 15.9 Å². The van der Waals surface area contributed by atoms with Crippen LogP contribution in [0.25, 0.3) is 11.1 Å². The summed E-state index contributed by atoms with van der Waals surface area (Å²) < 4.78 is 69.0. The summed E-state index contributed by atoms with van der Waals surface area (Å²) in [5.74, 6) is -3.27. The molecule has 3 aromatic carbocycles. The number of sulfonamides is 1. The number of anilines is 1. The molecule has 196 valence electrons. The minimum Gasteiger partial charge on any atom is -0.505 e. The van der Waals surface area contributed by atoms with Crippen LogP contribution in [0.4, 0.5) is 14.5 Å². The third-order valence-corrected chi connectivity index (χ3v) is 7.79. The first kappa shape index (κ1) is 27.1. The van der Waals surface area contributed by atoms with Crippen molar-refractivity contribution in [1.82, 2.24) is 4.90 Å². The lowest BCUT2D eigenvalue weighted by atomic mass is 10.0. The van der Waals surface area contributed by atoms with Gasteiger partial charge in [0.05, 0.1) is 23.3 Å². The van der Waals surface area contributed by atoms with Crippen LogP contribution >= 0.6 is 27.5 Å². The molecule has 1 amide bonds. The summed E-state index contributed by atoms with van der Waals surface area (Å²) in [5, 5.41) is 10.7. The maximum absolute atomic E-state index is 14.9. The number of aromatic hydroxyl groups is 1. The fourth-order valence-corrected chi connectivity index (χ4v) is 5.70. The molecular weight excluding hydrogens is 598 g/mol. The fraction of sp³-hybridized carbons (Fsp3) is 0.208. The highest BCUT2D eigenvalue weighted by Gasteiger charge is 2.27. The summed E-state index contributed by atoms with van der Waals surface area (Å²) in [6.07, 6.45) is 0. The van der Waals surface area contributed by atoms with E-state index in [1.807, 2.05) is 4.72 Å². The van der Waals surface area contributed by atoms with E-state index in [1.165, 1.54) is 36.3 Å². The second kappa shape index (κ2) is 10.8. The predicted molar refractivity (Wildman–Crippen MR) is 137 cm³/mol. The molecule has 2 N–H and O–H groups in total. The zero-order chi connectivity index (χ0) is 26.9. The Bertz CT molecular complexity index is 1490. The zero-order valence-electron chi connectivity index (χ0n) is 19.2. The number of phenolic OH excluding ortho intramolecular Hbond substituents is 1. The number of hydrogen-bond acceptors (Lipinski definition) is 6. The standard InChI is InChI=1S/C24H20BrClF2N2O6S/c1-35-6-4-30-5-7-36-21-3-2-14(26)10-16(21)15-11-20(19(28)12-18(15)27)29-37(33,34)22-9-13(24(30)32)8-17(25)23(22)31/h2-3,8-12,29,31H,4-7H2,1H3. The van der Waals surface area contributed by atoms with Gasteiger partial charge < -0.3 is 19.5 Å². The Balaban J connectivity index is 1.94. The van der Waals surface area contributed by atoms with E-state index < -0.39 is 43.9 Å². The summed E-state index contributed by atoms with van der Waals surface area (Å²) >= 11 is 9.19. The number of rotatable bonds is 3. The van der Waals surface area contributed by atoms with Gasteiger partial charge in [-0.1, -0.05) is 11.6 Å². The number of carbonyl (C=O) groups excluding carboxylic acids is 1. The van der Waals surface area contributed by atoms with Crippen molar-refractivity contribution in [3.05, 3.63) is 69.2 Å². The molecule has 0 saturated heterocycles. The third-order valence-electron chi connectivity index (χ3n) is 5.57. The molecule has 1 heterocycles. The molecule has 0 spiro atoms. The number of halogens is 4. The lowest BCUT2D eigenvalue weighted by Gasteiger charge is -2.23. The van der Waals surface area contributed by atoms with Gasteiger partial charge in [-0.3, -0.25) is 9.52 Å². The SMILES string of the molecule is COCCN1CCOc2ccc(Cl)cc2-c2cc(c(F)cc2F)NS(=O)(=O)c2cc(cc(Br)c2O)C1=O. The van der Waals surface area contributed by atoms with Crippen molar-refractivity contribution in [3.8, 4) is 22.6 Å². The number of carbonyl (C=O) groups is 1. The smallest absolute Gasteiger partial charge is 0.265 e. The molecule has 0 fully saturated rings. The van der Waals surface area contributed by atoms with Crippen LogP contribution in [-0.2, 0) is 14.8 Å². The lowest BCUT2D eigenvalue weighted by Crippen LogP contribution is -2.37. The molecule has 3 aromatic rings. The fourth-order valence-electron chi connectivity index (χ4n) is 3.74. The van der Waals surface area contributed by atoms with Crippen LogP contribution in [0, 0.1) is 11.6 Å². The van der Waals surface area contributed by atoms with E-state index >= 15 is 0 Å². The monoisotopic (exact) mass is 616 g/mol. The maximum atomic E-state index is 14.9. The molecule has 8 nitrogen and oxygen atoms in total. The Morgan fingerprint density at radius 2 is 1.92 bits per heavy atom. The summed E-state index contributed by atoms with van der Waals surface area (Å²) in [5.41, 5.74) is -0.700. The van der Waals surface area contributed by atoms with Crippen molar-refractivity contribution >= 4 is 49.1 Å². The predicted octanol–water partition coefficient (Wildman–Crippen LogP) is 5.04. The van der Waals surface area contributed by atoms with Crippen LogP contribution in [0.1, 0.15) is 10.4 Å². The number of nitrogens with zero attached hydrogens (tertiary/aromatic N) is 1. The number of methoxy groups -OCH3 is 1. The molecule has 0 unspecified atom stereocenters. The quantitative estimate of drug-likeness (QED) is 0.427. The minimum absolute atomic E-state index is 0.0254. The molecular formula is C24H20BrClF2N2O6S. The molecule has 0 saturated carbocycles. The normalized spacial score (nSPS) is 15.2. The minimum atomic E-state index is -4.65. The van der Waals surface area contributed by atoms with Crippen molar-refractivity contribution in [3.63, 3.8) is 0 Å². The van der Waals surface area contributed by atoms with Gasteiger partial charge in [-0.25, -0.2) is 17.2 Å². The van der Waals surface area contributed by atoms with Gasteiger partial charge in [0.2, 0.25) is 0 Å². The molecule has 1 aliphatic rings. The van der Waals surface area contributed by atoms with E-state index in [1.54, 1.807) is 0 Å². The van der Waals surface area contributed by atoms with Crippen molar-refractivity contribution in [2.24, 2.45) is 0 Å². The molecule has 0 atom stereocenters. The summed E-state index contributed by atoms with van der Waals surface area (Å²) in [7, 11) is -3.19. The average molecular weight is 618 g/mol. The molecule has 37 heavy (non-hydrogen) atoms. The van der Waals surface area contributed by atoms with E-state index in [2.05, 4.69) is 15.9 Å². The molecule has 0 radical (unpaired) electrons. The molecule has 0 aliphatic carbocycles. The molecule has 0 aromatic heterocycles.